The Morgan fingerprint density at radius 1 is 0.294 bits per heavy atom. The summed E-state index contributed by atoms with van der Waals surface area (Å²) >= 11 is 0. The summed E-state index contributed by atoms with van der Waals surface area (Å²) < 4.78 is 16.9. The monoisotopic (exact) mass is 961 g/mol. The van der Waals surface area contributed by atoms with Gasteiger partial charge in [-0.1, -0.05) is 305 Å². The Morgan fingerprint density at radius 2 is 0.515 bits per heavy atom. The summed E-state index contributed by atoms with van der Waals surface area (Å²) in [5, 5.41) is 0. The minimum Gasteiger partial charge on any atom is -0.462 e. The summed E-state index contributed by atoms with van der Waals surface area (Å²) in [5.41, 5.74) is 0. The molecule has 6 heteroatoms. The van der Waals surface area contributed by atoms with Gasteiger partial charge in [0.1, 0.15) is 13.2 Å². The van der Waals surface area contributed by atoms with Crippen molar-refractivity contribution in [3.05, 3.63) is 0 Å². The number of unbranched alkanes of at least 4 members (excludes halogenated alkanes) is 36. The molecule has 68 heavy (non-hydrogen) atoms. The predicted octanol–water partition coefficient (Wildman–Crippen LogP) is 20.3. The molecule has 0 N–H and O–H groups in total. The fraction of sp³-hybridized carbons (Fsp3) is 0.952. The standard InChI is InChI=1S/C62H120O6/c1-7-57(5)49-43-37-31-25-19-15-12-13-16-20-27-33-39-45-51-60(63)66-54-59(55-67-61(64)52-46-40-34-28-23-22-26-32-38-44-50-58(6)8-2)68-62(65)53-47-41-35-29-21-17-11-9-10-14-18-24-30-36-42-48-56(3)4/h56-59H,7-55H2,1-6H3/t57?,58?,59-/m0/s1. The zero-order valence-electron chi connectivity index (χ0n) is 46.9. The van der Waals surface area contributed by atoms with Gasteiger partial charge in [-0.25, -0.2) is 0 Å². The number of hydrogen-bond acceptors (Lipinski definition) is 6. The second-order valence-corrected chi connectivity index (χ2v) is 22.3. The van der Waals surface area contributed by atoms with Crippen LogP contribution in [-0.4, -0.2) is 37.2 Å². The van der Waals surface area contributed by atoms with Gasteiger partial charge in [-0.15, -0.1) is 0 Å². The molecule has 0 spiro atoms. The van der Waals surface area contributed by atoms with E-state index in [4.69, 9.17) is 14.2 Å². The smallest absolute Gasteiger partial charge is 0.306 e. The van der Waals surface area contributed by atoms with Gasteiger partial charge in [0.15, 0.2) is 6.10 Å². The highest BCUT2D eigenvalue weighted by Gasteiger charge is 2.19. The molecule has 0 amide bonds. The van der Waals surface area contributed by atoms with Gasteiger partial charge in [0.25, 0.3) is 0 Å². The second kappa shape index (κ2) is 53.2. The van der Waals surface area contributed by atoms with Gasteiger partial charge in [-0.05, 0) is 37.0 Å². The van der Waals surface area contributed by atoms with Crippen molar-refractivity contribution in [3.63, 3.8) is 0 Å². The van der Waals surface area contributed by atoms with Crippen molar-refractivity contribution < 1.29 is 28.6 Å². The summed E-state index contributed by atoms with van der Waals surface area (Å²) in [5.74, 6) is 1.77. The minimum atomic E-state index is -0.764. The molecule has 6 nitrogen and oxygen atoms in total. The van der Waals surface area contributed by atoms with Crippen LogP contribution in [0.25, 0.3) is 0 Å². The Kier molecular flexibility index (Phi) is 52.0. The average molecular weight is 962 g/mol. The van der Waals surface area contributed by atoms with E-state index in [2.05, 4.69) is 41.5 Å². The Morgan fingerprint density at radius 3 is 0.765 bits per heavy atom. The lowest BCUT2D eigenvalue weighted by Gasteiger charge is -2.18. The second-order valence-electron chi connectivity index (χ2n) is 22.3. The minimum absolute atomic E-state index is 0.0631. The molecule has 2 unspecified atom stereocenters. The van der Waals surface area contributed by atoms with Crippen LogP contribution >= 0.6 is 0 Å². The van der Waals surface area contributed by atoms with Gasteiger partial charge >= 0.3 is 17.9 Å². The summed E-state index contributed by atoms with van der Waals surface area (Å²) in [7, 11) is 0. The van der Waals surface area contributed by atoms with E-state index in [-0.39, 0.29) is 31.1 Å². The molecule has 0 aromatic rings. The summed E-state index contributed by atoms with van der Waals surface area (Å²) in [6.45, 7) is 13.8. The van der Waals surface area contributed by atoms with E-state index < -0.39 is 6.10 Å². The quantitative estimate of drug-likeness (QED) is 0.0343. The first-order valence-electron chi connectivity index (χ1n) is 30.7. The third kappa shape index (κ3) is 52.2. The average Bonchev–Trinajstić information content (AvgIpc) is 3.33. The van der Waals surface area contributed by atoms with E-state index in [0.717, 1.165) is 75.5 Å². The van der Waals surface area contributed by atoms with Gasteiger partial charge in [0.05, 0.1) is 0 Å². The van der Waals surface area contributed by atoms with E-state index in [1.54, 1.807) is 0 Å². The maximum Gasteiger partial charge on any atom is 0.306 e. The van der Waals surface area contributed by atoms with E-state index >= 15 is 0 Å². The Labute approximate surface area is 425 Å². The lowest BCUT2D eigenvalue weighted by molar-refractivity contribution is -0.167. The number of carbonyl (C=O) groups is 3. The Hall–Kier alpha value is -1.59. The molecular weight excluding hydrogens is 841 g/mol. The van der Waals surface area contributed by atoms with Crippen LogP contribution in [-0.2, 0) is 28.6 Å². The first-order chi connectivity index (χ1) is 33.2. The van der Waals surface area contributed by atoms with Gasteiger partial charge in [0.2, 0.25) is 0 Å². The molecule has 0 radical (unpaired) electrons. The van der Waals surface area contributed by atoms with E-state index in [1.165, 1.54) is 225 Å². The number of carbonyl (C=O) groups excluding carboxylic acids is 3. The highest BCUT2D eigenvalue weighted by molar-refractivity contribution is 5.71. The van der Waals surface area contributed by atoms with E-state index in [1.807, 2.05) is 0 Å². The number of esters is 3. The van der Waals surface area contributed by atoms with Crippen LogP contribution in [0.5, 0.6) is 0 Å². The van der Waals surface area contributed by atoms with Crippen LogP contribution in [0.4, 0.5) is 0 Å². The highest BCUT2D eigenvalue weighted by Crippen LogP contribution is 2.19. The number of rotatable bonds is 55. The third-order valence-corrected chi connectivity index (χ3v) is 14.9. The molecule has 0 fully saturated rings. The van der Waals surface area contributed by atoms with Crippen molar-refractivity contribution in [2.75, 3.05) is 13.2 Å². The van der Waals surface area contributed by atoms with E-state index in [0.29, 0.717) is 19.3 Å². The lowest BCUT2D eigenvalue weighted by atomic mass is 9.99. The van der Waals surface area contributed by atoms with Gasteiger partial charge in [-0.2, -0.15) is 0 Å². The molecule has 0 rings (SSSR count). The molecule has 3 atom stereocenters. The first kappa shape index (κ1) is 66.4. The number of hydrogen-bond donors (Lipinski definition) is 0. The fourth-order valence-electron chi connectivity index (χ4n) is 9.47. The summed E-state index contributed by atoms with van der Waals surface area (Å²) in [4.78, 5) is 38.2. The third-order valence-electron chi connectivity index (χ3n) is 14.9. The van der Waals surface area contributed by atoms with Gasteiger partial charge in [-0.3, -0.25) is 14.4 Å². The lowest BCUT2D eigenvalue weighted by Crippen LogP contribution is -2.30. The van der Waals surface area contributed by atoms with Crippen molar-refractivity contribution in [3.8, 4) is 0 Å². The van der Waals surface area contributed by atoms with Crippen LogP contribution < -0.4 is 0 Å². The molecular formula is C62H120O6. The zero-order valence-corrected chi connectivity index (χ0v) is 46.9. The molecule has 0 aliphatic carbocycles. The molecule has 0 aromatic heterocycles. The Bertz CT molecular complexity index is 1060. The molecule has 404 valence electrons. The van der Waals surface area contributed by atoms with Crippen LogP contribution in [0.2, 0.25) is 0 Å². The molecule has 0 heterocycles. The topological polar surface area (TPSA) is 78.9 Å². The molecule has 0 aromatic carbocycles. The van der Waals surface area contributed by atoms with Crippen LogP contribution in [0.3, 0.4) is 0 Å². The molecule has 0 saturated heterocycles. The summed E-state index contributed by atoms with van der Waals surface area (Å²) in [6.07, 6.45) is 56.5. The molecule has 0 saturated carbocycles. The Balaban J connectivity index is 4.30. The van der Waals surface area contributed by atoms with Crippen molar-refractivity contribution >= 4 is 17.9 Å². The van der Waals surface area contributed by atoms with Crippen LogP contribution in [0.15, 0.2) is 0 Å². The summed E-state index contributed by atoms with van der Waals surface area (Å²) in [6, 6.07) is 0. The zero-order chi connectivity index (χ0) is 49.8. The first-order valence-corrected chi connectivity index (χ1v) is 30.7. The van der Waals surface area contributed by atoms with Crippen LogP contribution in [0.1, 0.15) is 343 Å². The van der Waals surface area contributed by atoms with Crippen molar-refractivity contribution in [1.29, 1.82) is 0 Å². The maximum absolute atomic E-state index is 12.9. The van der Waals surface area contributed by atoms with Gasteiger partial charge in [0, 0.05) is 19.3 Å². The van der Waals surface area contributed by atoms with Gasteiger partial charge < -0.3 is 14.2 Å². The van der Waals surface area contributed by atoms with Crippen LogP contribution in [0, 0.1) is 17.8 Å². The molecule has 0 bridgehead atoms. The normalized spacial score (nSPS) is 12.9. The largest absolute Gasteiger partial charge is 0.462 e. The fourth-order valence-corrected chi connectivity index (χ4v) is 9.47. The van der Waals surface area contributed by atoms with Crippen molar-refractivity contribution in [2.45, 2.75) is 349 Å². The predicted molar refractivity (Wildman–Crippen MR) is 293 cm³/mol. The maximum atomic E-state index is 12.9. The van der Waals surface area contributed by atoms with E-state index in [9.17, 15) is 14.4 Å². The SMILES string of the molecule is CCC(C)CCCCCCCCCCCCCCCCC(=O)OC[C@@H](COC(=O)CCCCCCCCCCCCC(C)CC)OC(=O)CCCCCCCCCCCCCCCCCC(C)C. The number of ether oxygens (including phenoxy) is 3. The highest BCUT2D eigenvalue weighted by atomic mass is 16.6. The molecule has 0 aliphatic rings. The molecule has 0 aliphatic heterocycles. The van der Waals surface area contributed by atoms with Crippen molar-refractivity contribution in [1.82, 2.24) is 0 Å². The van der Waals surface area contributed by atoms with Crippen molar-refractivity contribution in [2.24, 2.45) is 17.8 Å².